The van der Waals surface area contributed by atoms with Gasteiger partial charge in [0, 0.05) is 9.75 Å². The Kier molecular flexibility index (Phi) is 3.47. The van der Waals surface area contributed by atoms with Crippen molar-refractivity contribution in [1.29, 1.82) is 0 Å². The van der Waals surface area contributed by atoms with Gasteiger partial charge in [0.1, 0.15) is 0 Å². The minimum Gasteiger partial charge on any atom is -0.388 e. The van der Waals surface area contributed by atoms with Gasteiger partial charge < -0.3 is 5.11 Å². The summed E-state index contributed by atoms with van der Waals surface area (Å²) in [7, 11) is 0. The van der Waals surface area contributed by atoms with Crippen molar-refractivity contribution in [3.8, 4) is 0 Å². The fraction of sp³-hybridized carbons (Fsp3) is 0.692. The van der Waals surface area contributed by atoms with Crippen LogP contribution in [0.15, 0.2) is 6.07 Å². The van der Waals surface area contributed by atoms with E-state index in [1.165, 1.54) is 41.0 Å². The molecular weight excluding hydrogens is 204 g/mol. The highest BCUT2D eigenvalue weighted by atomic mass is 32.1. The van der Waals surface area contributed by atoms with E-state index in [-0.39, 0.29) is 6.10 Å². The minimum atomic E-state index is -0.224. The van der Waals surface area contributed by atoms with E-state index in [2.05, 4.69) is 19.9 Å². The summed E-state index contributed by atoms with van der Waals surface area (Å²) in [4.78, 5) is 2.60. The fourth-order valence-corrected chi connectivity index (χ4v) is 3.65. The van der Waals surface area contributed by atoms with Gasteiger partial charge in [-0.2, -0.15) is 0 Å². The van der Waals surface area contributed by atoms with Crippen LogP contribution in [0, 0.1) is 19.8 Å². The van der Waals surface area contributed by atoms with Crippen molar-refractivity contribution < 1.29 is 5.11 Å². The molecule has 15 heavy (non-hydrogen) atoms. The van der Waals surface area contributed by atoms with E-state index in [0.717, 1.165) is 12.3 Å². The first-order valence-corrected chi connectivity index (χ1v) is 6.73. The molecule has 1 nitrogen and oxygen atoms in total. The summed E-state index contributed by atoms with van der Waals surface area (Å²) in [6, 6.07) is 2.15. The molecule has 0 aromatic carbocycles. The zero-order valence-electron chi connectivity index (χ0n) is 9.62. The third kappa shape index (κ3) is 2.61. The topological polar surface area (TPSA) is 20.2 Å². The highest BCUT2D eigenvalue weighted by Crippen LogP contribution is 2.35. The van der Waals surface area contributed by atoms with Gasteiger partial charge in [0.25, 0.3) is 0 Å². The number of rotatable bonds is 3. The third-order valence-electron chi connectivity index (χ3n) is 3.47. The predicted octanol–water partition coefficient (Wildman–Crippen LogP) is 3.98. The average Bonchev–Trinajstić information content (AvgIpc) is 2.75. The zero-order valence-corrected chi connectivity index (χ0v) is 10.4. The van der Waals surface area contributed by atoms with Gasteiger partial charge in [0.05, 0.1) is 6.10 Å². The highest BCUT2D eigenvalue weighted by Gasteiger charge is 2.21. The van der Waals surface area contributed by atoms with Crippen LogP contribution in [0.5, 0.6) is 0 Å². The van der Waals surface area contributed by atoms with Gasteiger partial charge in [0.2, 0.25) is 0 Å². The van der Waals surface area contributed by atoms with Crippen LogP contribution in [0.2, 0.25) is 0 Å². The Labute approximate surface area is 96.1 Å². The van der Waals surface area contributed by atoms with E-state index in [4.69, 9.17) is 0 Å². The molecule has 1 atom stereocenters. The molecule has 84 valence electrons. The molecule has 1 aromatic rings. The maximum atomic E-state index is 10.2. The summed E-state index contributed by atoms with van der Waals surface area (Å²) in [5, 5.41) is 10.2. The quantitative estimate of drug-likeness (QED) is 0.823. The number of hydrogen-bond acceptors (Lipinski definition) is 2. The summed E-state index contributed by atoms with van der Waals surface area (Å²) in [5.41, 5.74) is 1.17. The first kappa shape index (κ1) is 11.2. The van der Waals surface area contributed by atoms with Gasteiger partial charge >= 0.3 is 0 Å². The van der Waals surface area contributed by atoms with Crippen LogP contribution < -0.4 is 0 Å². The van der Waals surface area contributed by atoms with Crippen LogP contribution in [0.25, 0.3) is 0 Å². The molecule has 1 heterocycles. The van der Waals surface area contributed by atoms with Gasteiger partial charge in [-0.25, -0.2) is 0 Å². The molecule has 2 rings (SSSR count). The lowest BCUT2D eigenvalue weighted by Crippen LogP contribution is -2.04. The highest BCUT2D eigenvalue weighted by molar-refractivity contribution is 7.12. The molecule has 1 saturated carbocycles. The van der Waals surface area contributed by atoms with Gasteiger partial charge in [-0.15, -0.1) is 11.3 Å². The van der Waals surface area contributed by atoms with E-state index in [1.807, 2.05) is 0 Å². The van der Waals surface area contributed by atoms with E-state index < -0.39 is 0 Å². The smallest absolute Gasteiger partial charge is 0.0803 e. The predicted molar refractivity (Wildman–Crippen MR) is 65.3 cm³/mol. The lowest BCUT2D eigenvalue weighted by Gasteiger charge is -2.15. The summed E-state index contributed by atoms with van der Waals surface area (Å²) in [6.07, 6.45) is 6.10. The van der Waals surface area contributed by atoms with E-state index in [0.29, 0.717) is 0 Å². The molecule has 0 bridgehead atoms. The van der Waals surface area contributed by atoms with Crippen molar-refractivity contribution in [2.24, 2.45) is 5.92 Å². The second kappa shape index (κ2) is 4.67. The summed E-state index contributed by atoms with van der Waals surface area (Å²) in [5.74, 6) is 0.764. The van der Waals surface area contributed by atoms with Crippen LogP contribution >= 0.6 is 11.3 Å². The SMILES string of the molecule is Cc1cc(C(O)CC2CCCC2)c(C)s1. The number of aryl methyl sites for hydroxylation is 2. The molecule has 2 heteroatoms. The number of thiophene rings is 1. The first-order valence-electron chi connectivity index (χ1n) is 5.92. The van der Waals surface area contributed by atoms with E-state index in [1.54, 1.807) is 11.3 Å². The summed E-state index contributed by atoms with van der Waals surface area (Å²) < 4.78 is 0. The van der Waals surface area contributed by atoms with Crippen molar-refractivity contribution in [1.82, 2.24) is 0 Å². The molecule has 1 aromatic heterocycles. The maximum absolute atomic E-state index is 10.2. The molecule has 0 aliphatic heterocycles. The van der Waals surface area contributed by atoms with Crippen molar-refractivity contribution in [2.45, 2.75) is 52.1 Å². The Hall–Kier alpha value is -0.340. The molecule has 0 radical (unpaired) electrons. The molecule has 1 fully saturated rings. The van der Waals surface area contributed by atoms with Crippen LogP contribution in [0.4, 0.5) is 0 Å². The number of aliphatic hydroxyl groups is 1. The van der Waals surface area contributed by atoms with Crippen molar-refractivity contribution >= 4 is 11.3 Å². The molecule has 1 aliphatic carbocycles. The molecule has 0 amide bonds. The van der Waals surface area contributed by atoms with Crippen LogP contribution in [0.1, 0.15) is 53.5 Å². The molecule has 0 saturated heterocycles. The monoisotopic (exact) mass is 224 g/mol. The molecule has 1 unspecified atom stereocenters. The first-order chi connectivity index (χ1) is 7.16. The maximum Gasteiger partial charge on any atom is 0.0803 e. The second-order valence-corrected chi connectivity index (χ2v) is 6.23. The molecule has 1 aliphatic rings. The lowest BCUT2D eigenvalue weighted by molar-refractivity contribution is 0.144. The lowest BCUT2D eigenvalue weighted by atomic mass is 9.96. The largest absolute Gasteiger partial charge is 0.388 e. The minimum absolute atomic E-state index is 0.224. The standard InChI is InChI=1S/C13H20OS/c1-9-7-12(10(2)15-9)13(14)8-11-5-3-4-6-11/h7,11,13-14H,3-6,8H2,1-2H3. The summed E-state index contributed by atoms with van der Waals surface area (Å²) >= 11 is 1.80. The molecule has 1 N–H and O–H groups in total. The van der Waals surface area contributed by atoms with Gasteiger partial charge in [-0.3, -0.25) is 0 Å². The summed E-state index contributed by atoms with van der Waals surface area (Å²) in [6.45, 7) is 4.23. The van der Waals surface area contributed by atoms with Crippen molar-refractivity contribution in [2.75, 3.05) is 0 Å². The Morgan fingerprint density at radius 1 is 1.40 bits per heavy atom. The Balaban J connectivity index is 2.00. The molecule has 0 spiro atoms. The third-order valence-corrected chi connectivity index (χ3v) is 4.45. The van der Waals surface area contributed by atoms with Gasteiger partial charge in [0.15, 0.2) is 0 Å². The zero-order chi connectivity index (χ0) is 10.8. The van der Waals surface area contributed by atoms with Gasteiger partial charge in [-0.05, 0) is 37.8 Å². The Bertz CT molecular complexity index is 323. The van der Waals surface area contributed by atoms with E-state index >= 15 is 0 Å². The fourth-order valence-electron chi connectivity index (χ4n) is 2.67. The van der Waals surface area contributed by atoms with E-state index in [9.17, 15) is 5.11 Å². The Morgan fingerprint density at radius 2 is 2.07 bits per heavy atom. The van der Waals surface area contributed by atoms with Crippen molar-refractivity contribution in [3.05, 3.63) is 21.4 Å². The Morgan fingerprint density at radius 3 is 2.60 bits per heavy atom. The van der Waals surface area contributed by atoms with Crippen molar-refractivity contribution in [3.63, 3.8) is 0 Å². The van der Waals surface area contributed by atoms with Crippen LogP contribution in [0.3, 0.4) is 0 Å². The van der Waals surface area contributed by atoms with Crippen LogP contribution in [-0.4, -0.2) is 5.11 Å². The van der Waals surface area contributed by atoms with Crippen LogP contribution in [-0.2, 0) is 0 Å². The van der Waals surface area contributed by atoms with Gasteiger partial charge in [-0.1, -0.05) is 25.7 Å². The number of hydrogen-bond donors (Lipinski definition) is 1. The normalized spacial score (nSPS) is 19.7. The average molecular weight is 224 g/mol. The molecular formula is C13H20OS. The number of aliphatic hydroxyl groups excluding tert-OH is 1. The second-order valence-electron chi connectivity index (χ2n) is 4.77.